The van der Waals surface area contributed by atoms with Gasteiger partial charge in [0.2, 0.25) is 11.8 Å². The van der Waals surface area contributed by atoms with Gasteiger partial charge in [0.15, 0.2) is 0 Å². The van der Waals surface area contributed by atoms with E-state index in [0.29, 0.717) is 6.42 Å². The summed E-state index contributed by atoms with van der Waals surface area (Å²) in [6.07, 6.45) is 4.07. The highest BCUT2D eigenvalue weighted by Gasteiger charge is 2.38. The van der Waals surface area contributed by atoms with Crippen LogP contribution in [0.5, 0.6) is 0 Å². The zero-order chi connectivity index (χ0) is 13.6. The highest BCUT2D eigenvalue weighted by atomic mass is 16.3. The Morgan fingerprint density at radius 3 is 2.72 bits per heavy atom. The van der Waals surface area contributed by atoms with E-state index in [1.54, 1.807) is 0 Å². The zero-order valence-corrected chi connectivity index (χ0v) is 11.3. The summed E-state index contributed by atoms with van der Waals surface area (Å²) in [6, 6.07) is 0.0121. The van der Waals surface area contributed by atoms with E-state index in [-0.39, 0.29) is 36.4 Å². The van der Waals surface area contributed by atoms with E-state index in [2.05, 4.69) is 10.6 Å². The number of carbonyl (C=O) groups excluding carboxylic acids is 2. The third-order valence-electron chi connectivity index (χ3n) is 3.70. The number of hydrogen-bond acceptors (Lipinski definition) is 3. The maximum absolute atomic E-state index is 11.7. The smallest absolute Gasteiger partial charge is 0.239 e. The van der Waals surface area contributed by atoms with Crippen LogP contribution in [0.25, 0.3) is 0 Å². The monoisotopic (exact) mass is 256 g/mol. The summed E-state index contributed by atoms with van der Waals surface area (Å²) in [5, 5.41) is 14.9. The van der Waals surface area contributed by atoms with Crippen molar-refractivity contribution >= 4 is 11.8 Å². The number of nitrogens with one attached hydrogen (secondary N) is 2. The maximum atomic E-state index is 11.7. The predicted octanol–water partition coefficient (Wildman–Crippen LogP) is 0.570. The van der Waals surface area contributed by atoms with Gasteiger partial charge in [-0.3, -0.25) is 9.59 Å². The fraction of sp³-hybridized carbons (Fsp3) is 0.846. The summed E-state index contributed by atoms with van der Waals surface area (Å²) >= 11 is 0. The third kappa shape index (κ3) is 3.98. The zero-order valence-electron chi connectivity index (χ0n) is 11.3. The van der Waals surface area contributed by atoms with Crippen molar-refractivity contribution in [1.82, 2.24) is 10.6 Å². The molecule has 0 saturated heterocycles. The molecule has 0 aromatic carbocycles. The molecule has 1 aliphatic rings. The van der Waals surface area contributed by atoms with Crippen LogP contribution in [0.15, 0.2) is 0 Å². The minimum Gasteiger partial charge on any atom is -0.396 e. The summed E-state index contributed by atoms with van der Waals surface area (Å²) < 4.78 is 0. The van der Waals surface area contributed by atoms with Crippen LogP contribution < -0.4 is 10.6 Å². The second kappa shape index (κ2) is 6.73. The van der Waals surface area contributed by atoms with E-state index in [4.69, 9.17) is 0 Å². The van der Waals surface area contributed by atoms with Gasteiger partial charge in [0.25, 0.3) is 0 Å². The molecule has 2 unspecified atom stereocenters. The molecule has 0 aromatic rings. The van der Waals surface area contributed by atoms with Gasteiger partial charge in [-0.05, 0) is 19.3 Å². The van der Waals surface area contributed by atoms with E-state index < -0.39 is 0 Å². The van der Waals surface area contributed by atoms with Gasteiger partial charge in [0.05, 0.1) is 13.2 Å². The van der Waals surface area contributed by atoms with Gasteiger partial charge < -0.3 is 15.7 Å². The molecule has 0 aromatic heterocycles. The largest absolute Gasteiger partial charge is 0.396 e. The summed E-state index contributed by atoms with van der Waals surface area (Å²) in [4.78, 5) is 22.9. The number of rotatable bonds is 6. The van der Waals surface area contributed by atoms with Gasteiger partial charge in [-0.1, -0.05) is 20.3 Å². The highest BCUT2D eigenvalue weighted by Crippen LogP contribution is 2.37. The van der Waals surface area contributed by atoms with Crippen molar-refractivity contribution < 1.29 is 14.7 Å². The van der Waals surface area contributed by atoms with Gasteiger partial charge in [-0.25, -0.2) is 0 Å². The summed E-state index contributed by atoms with van der Waals surface area (Å²) in [5.74, 6) is -0.269. The second-order valence-corrected chi connectivity index (χ2v) is 5.35. The van der Waals surface area contributed by atoms with E-state index >= 15 is 0 Å². The average molecular weight is 256 g/mol. The summed E-state index contributed by atoms with van der Waals surface area (Å²) in [5.41, 5.74) is -0.219. The van der Waals surface area contributed by atoms with Gasteiger partial charge in [-0.15, -0.1) is 0 Å². The molecule has 0 spiro atoms. The lowest BCUT2D eigenvalue weighted by Gasteiger charge is -2.30. The molecule has 0 radical (unpaired) electrons. The molecule has 1 fully saturated rings. The first-order chi connectivity index (χ1) is 8.51. The average Bonchev–Trinajstić information content (AvgIpc) is 2.70. The first-order valence-corrected chi connectivity index (χ1v) is 6.68. The molecule has 1 saturated carbocycles. The standard InChI is InChI=1S/C13H24N2O3/c1-3-5-11(17)14-8-12(18)15-10-6-4-7-13(10,2)9-16/h10,16H,3-9H2,1-2H3,(H,14,17)(H,15,18). The van der Waals surface area contributed by atoms with Crippen LogP contribution in [-0.4, -0.2) is 36.1 Å². The number of carbonyl (C=O) groups is 2. The fourth-order valence-electron chi connectivity index (χ4n) is 2.41. The normalized spacial score (nSPS) is 26.9. The Kier molecular flexibility index (Phi) is 5.59. The number of aliphatic hydroxyl groups is 1. The van der Waals surface area contributed by atoms with Crippen LogP contribution in [0.2, 0.25) is 0 Å². The number of hydrogen-bond donors (Lipinski definition) is 3. The van der Waals surface area contributed by atoms with Gasteiger partial charge in [0.1, 0.15) is 0 Å². The minimum absolute atomic E-state index is 0.0121. The van der Waals surface area contributed by atoms with Crippen LogP contribution in [-0.2, 0) is 9.59 Å². The molecule has 5 heteroatoms. The minimum atomic E-state index is -0.219. The Morgan fingerprint density at radius 2 is 2.11 bits per heavy atom. The Labute approximate surface area is 108 Å². The molecule has 1 aliphatic carbocycles. The molecule has 0 aliphatic heterocycles. The van der Waals surface area contributed by atoms with E-state index in [0.717, 1.165) is 25.7 Å². The number of amides is 2. The second-order valence-electron chi connectivity index (χ2n) is 5.35. The number of aliphatic hydroxyl groups excluding tert-OH is 1. The summed E-state index contributed by atoms with van der Waals surface area (Å²) in [7, 11) is 0. The Bertz CT molecular complexity index is 307. The van der Waals surface area contributed by atoms with Crippen molar-refractivity contribution in [3.05, 3.63) is 0 Å². The Morgan fingerprint density at radius 1 is 1.39 bits per heavy atom. The van der Waals surface area contributed by atoms with Crippen molar-refractivity contribution in [3.8, 4) is 0 Å². The topological polar surface area (TPSA) is 78.4 Å². The lowest BCUT2D eigenvalue weighted by atomic mass is 9.86. The molecule has 2 atom stereocenters. The van der Waals surface area contributed by atoms with Gasteiger partial charge in [-0.2, -0.15) is 0 Å². The fourth-order valence-corrected chi connectivity index (χ4v) is 2.41. The maximum Gasteiger partial charge on any atom is 0.239 e. The quantitative estimate of drug-likeness (QED) is 0.650. The van der Waals surface area contributed by atoms with Crippen molar-refractivity contribution in [3.63, 3.8) is 0 Å². The lowest BCUT2D eigenvalue weighted by Crippen LogP contribution is -2.48. The molecule has 104 valence electrons. The van der Waals surface area contributed by atoms with E-state index in [9.17, 15) is 14.7 Å². The van der Waals surface area contributed by atoms with Crippen molar-refractivity contribution in [2.75, 3.05) is 13.2 Å². The van der Waals surface area contributed by atoms with Crippen LogP contribution in [0.4, 0.5) is 0 Å². The first kappa shape index (κ1) is 15.0. The molecule has 0 heterocycles. The summed E-state index contributed by atoms with van der Waals surface area (Å²) in [6.45, 7) is 4.02. The molecule has 3 N–H and O–H groups in total. The lowest BCUT2D eigenvalue weighted by molar-refractivity contribution is -0.126. The first-order valence-electron chi connectivity index (χ1n) is 6.68. The van der Waals surface area contributed by atoms with Crippen LogP contribution >= 0.6 is 0 Å². The molecule has 1 rings (SSSR count). The SMILES string of the molecule is CCCC(=O)NCC(=O)NC1CCCC1(C)CO. The van der Waals surface area contributed by atoms with Crippen LogP contribution in [0, 0.1) is 5.41 Å². The Balaban J connectivity index is 2.34. The van der Waals surface area contributed by atoms with E-state index in [1.165, 1.54) is 0 Å². The van der Waals surface area contributed by atoms with Gasteiger partial charge >= 0.3 is 0 Å². The van der Waals surface area contributed by atoms with Crippen LogP contribution in [0.3, 0.4) is 0 Å². The molecule has 2 amide bonds. The van der Waals surface area contributed by atoms with Gasteiger partial charge in [0, 0.05) is 17.9 Å². The predicted molar refractivity (Wildman–Crippen MR) is 68.9 cm³/mol. The third-order valence-corrected chi connectivity index (χ3v) is 3.70. The highest BCUT2D eigenvalue weighted by molar-refractivity contribution is 5.84. The van der Waals surface area contributed by atoms with Crippen molar-refractivity contribution in [2.45, 2.75) is 52.0 Å². The van der Waals surface area contributed by atoms with Crippen molar-refractivity contribution in [2.24, 2.45) is 5.41 Å². The van der Waals surface area contributed by atoms with Crippen LogP contribution in [0.1, 0.15) is 46.0 Å². The molecule has 5 nitrogen and oxygen atoms in total. The van der Waals surface area contributed by atoms with Crippen molar-refractivity contribution in [1.29, 1.82) is 0 Å². The molecular weight excluding hydrogens is 232 g/mol. The molecule has 0 bridgehead atoms. The molecule has 18 heavy (non-hydrogen) atoms. The van der Waals surface area contributed by atoms with E-state index in [1.807, 2.05) is 13.8 Å². The molecular formula is C13H24N2O3. The Hall–Kier alpha value is -1.10.